The fraction of sp³-hybridized carbons (Fsp3) is 0.444. The summed E-state index contributed by atoms with van der Waals surface area (Å²) >= 11 is 0. The maximum Gasteiger partial charge on any atom is 0.227 e. The summed E-state index contributed by atoms with van der Waals surface area (Å²) < 4.78 is 1.73. The predicted molar refractivity (Wildman–Crippen MR) is 54.4 cm³/mol. The lowest BCUT2D eigenvalue weighted by molar-refractivity contribution is 0.876. The van der Waals surface area contributed by atoms with Crippen molar-refractivity contribution in [2.75, 3.05) is 12.4 Å². The molecule has 0 amide bonds. The molecule has 0 aliphatic rings. The molecule has 0 radical (unpaired) electrons. The summed E-state index contributed by atoms with van der Waals surface area (Å²) in [4.78, 5) is 8.61. The molecular formula is C9H13N5. The number of rotatable bonds is 2. The minimum absolute atomic E-state index is 0.729. The van der Waals surface area contributed by atoms with E-state index >= 15 is 0 Å². The van der Waals surface area contributed by atoms with Gasteiger partial charge in [0.05, 0.1) is 6.20 Å². The van der Waals surface area contributed by atoms with Crippen LogP contribution in [0.5, 0.6) is 0 Å². The van der Waals surface area contributed by atoms with Crippen LogP contribution in [0.1, 0.15) is 18.3 Å². The van der Waals surface area contributed by atoms with Crippen molar-refractivity contribution >= 4 is 11.6 Å². The molecule has 0 bridgehead atoms. The van der Waals surface area contributed by atoms with Crippen molar-refractivity contribution < 1.29 is 0 Å². The van der Waals surface area contributed by atoms with Crippen LogP contribution in [0.3, 0.4) is 0 Å². The SMILES string of the molecule is CCc1cnn2c(NC)nc(C)nc12. The summed E-state index contributed by atoms with van der Waals surface area (Å²) in [5.74, 6) is 1.49. The molecule has 14 heavy (non-hydrogen) atoms. The molecule has 74 valence electrons. The number of fused-ring (bicyclic) bond motifs is 1. The van der Waals surface area contributed by atoms with Crippen molar-refractivity contribution in [3.63, 3.8) is 0 Å². The van der Waals surface area contributed by atoms with E-state index in [1.807, 2.05) is 20.2 Å². The average Bonchev–Trinajstić information content (AvgIpc) is 2.59. The Bertz CT molecular complexity index is 459. The van der Waals surface area contributed by atoms with Gasteiger partial charge in [0.2, 0.25) is 5.95 Å². The van der Waals surface area contributed by atoms with Crippen molar-refractivity contribution in [3.05, 3.63) is 17.6 Å². The van der Waals surface area contributed by atoms with Gasteiger partial charge in [-0.2, -0.15) is 14.6 Å². The molecule has 2 rings (SSSR count). The molecule has 2 aromatic heterocycles. The normalized spacial score (nSPS) is 10.8. The van der Waals surface area contributed by atoms with Crippen LogP contribution in [0.25, 0.3) is 5.65 Å². The fourth-order valence-electron chi connectivity index (χ4n) is 1.44. The first-order chi connectivity index (χ1) is 6.76. The minimum Gasteiger partial charge on any atom is -0.357 e. The van der Waals surface area contributed by atoms with E-state index in [-0.39, 0.29) is 0 Å². The van der Waals surface area contributed by atoms with E-state index in [0.717, 1.165) is 29.4 Å². The summed E-state index contributed by atoms with van der Waals surface area (Å²) in [5, 5.41) is 7.23. The summed E-state index contributed by atoms with van der Waals surface area (Å²) in [6.45, 7) is 3.97. The summed E-state index contributed by atoms with van der Waals surface area (Å²) in [6, 6.07) is 0. The second-order valence-corrected chi connectivity index (χ2v) is 3.10. The Morgan fingerprint density at radius 1 is 1.43 bits per heavy atom. The smallest absolute Gasteiger partial charge is 0.227 e. The molecule has 0 saturated carbocycles. The molecule has 2 aromatic rings. The third-order valence-electron chi connectivity index (χ3n) is 2.16. The first kappa shape index (κ1) is 8.93. The lowest BCUT2D eigenvalue weighted by atomic mass is 10.3. The summed E-state index contributed by atoms with van der Waals surface area (Å²) in [6.07, 6.45) is 2.77. The zero-order valence-electron chi connectivity index (χ0n) is 8.57. The van der Waals surface area contributed by atoms with Crippen LogP contribution in [-0.2, 0) is 6.42 Å². The molecule has 0 unspecified atom stereocenters. The molecular weight excluding hydrogens is 178 g/mol. The second-order valence-electron chi connectivity index (χ2n) is 3.10. The van der Waals surface area contributed by atoms with E-state index in [4.69, 9.17) is 0 Å². The van der Waals surface area contributed by atoms with E-state index in [2.05, 4.69) is 27.3 Å². The number of aromatic nitrogens is 4. The van der Waals surface area contributed by atoms with Crippen molar-refractivity contribution in [1.29, 1.82) is 0 Å². The maximum absolute atomic E-state index is 4.36. The van der Waals surface area contributed by atoms with E-state index in [1.165, 1.54) is 0 Å². The Morgan fingerprint density at radius 2 is 2.21 bits per heavy atom. The summed E-state index contributed by atoms with van der Waals surface area (Å²) in [5.41, 5.74) is 2.04. The molecule has 0 aliphatic carbocycles. The van der Waals surface area contributed by atoms with Crippen LogP contribution in [0.2, 0.25) is 0 Å². The van der Waals surface area contributed by atoms with Gasteiger partial charge < -0.3 is 5.32 Å². The van der Waals surface area contributed by atoms with Gasteiger partial charge in [0.15, 0.2) is 5.65 Å². The van der Waals surface area contributed by atoms with E-state index in [0.29, 0.717) is 0 Å². The zero-order chi connectivity index (χ0) is 10.1. The number of anilines is 1. The maximum atomic E-state index is 4.36. The third kappa shape index (κ3) is 1.21. The van der Waals surface area contributed by atoms with Crippen molar-refractivity contribution in [3.8, 4) is 0 Å². The Balaban J connectivity index is 2.76. The highest BCUT2D eigenvalue weighted by atomic mass is 15.3. The average molecular weight is 191 g/mol. The molecule has 0 saturated heterocycles. The third-order valence-corrected chi connectivity index (χ3v) is 2.16. The van der Waals surface area contributed by atoms with Crippen LogP contribution in [0.4, 0.5) is 5.95 Å². The van der Waals surface area contributed by atoms with Gasteiger partial charge in [-0.15, -0.1) is 0 Å². The Hall–Kier alpha value is -1.65. The van der Waals surface area contributed by atoms with Gasteiger partial charge in [-0.05, 0) is 13.3 Å². The molecule has 0 aromatic carbocycles. The van der Waals surface area contributed by atoms with Gasteiger partial charge in [0, 0.05) is 12.6 Å². The largest absolute Gasteiger partial charge is 0.357 e. The Morgan fingerprint density at radius 3 is 2.86 bits per heavy atom. The van der Waals surface area contributed by atoms with E-state index in [1.54, 1.807) is 4.52 Å². The first-order valence-electron chi connectivity index (χ1n) is 4.65. The summed E-state index contributed by atoms with van der Waals surface area (Å²) in [7, 11) is 1.83. The highest BCUT2D eigenvalue weighted by Crippen LogP contribution is 2.12. The molecule has 0 aliphatic heterocycles. The number of hydrogen-bond acceptors (Lipinski definition) is 4. The number of hydrogen-bond donors (Lipinski definition) is 1. The van der Waals surface area contributed by atoms with Gasteiger partial charge in [0.1, 0.15) is 5.82 Å². The van der Waals surface area contributed by atoms with Gasteiger partial charge >= 0.3 is 0 Å². The molecule has 0 atom stereocenters. The van der Waals surface area contributed by atoms with Crippen LogP contribution in [-0.4, -0.2) is 26.6 Å². The number of nitrogens with zero attached hydrogens (tertiary/aromatic N) is 4. The molecule has 0 spiro atoms. The quantitative estimate of drug-likeness (QED) is 0.770. The lowest BCUT2D eigenvalue weighted by Crippen LogP contribution is -2.06. The van der Waals surface area contributed by atoms with Gasteiger partial charge in [-0.1, -0.05) is 6.92 Å². The highest BCUT2D eigenvalue weighted by Gasteiger charge is 2.08. The topological polar surface area (TPSA) is 55.1 Å². The van der Waals surface area contributed by atoms with E-state index in [9.17, 15) is 0 Å². The number of aryl methyl sites for hydroxylation is 2. The van der Waals surface area contributed by atoms with Crippen molar-refractivity contribution in [2.45, 2.75) is 20.3 Å². The van der Waals surface area contributed by atoms with Gasteiger partial charge in [0.25, 0.3) is 0 Å². The molecule has 2 heterocycles. The number of nitrogens with one attached hydrogen (secondary N) is 1. The molecule has 5 heteroatoms. The molecule has 5 nitrogen and oxygen atoms in total. The van der Waals surface area contributed by atoms with Crippen LogP contribution in [0.15, 0.2) is 6.20 Å². The molecule has 0 fully saturated rings. The van der Waals surface area contributed by atoms with Gasteiger partial charge in [-0.3, -0.25) is 0 Å². The highest BCUT2D eigenvalue weighted by molar-refractivity contribution is 5.50. The zero-order valence-corrected chi connectivity index (χ0v) is 8.57. The lowest BCUT2D eigenvalue weighted by Gasteiger charge is -2.03. The van der Waals surface area contributed by atoms with E-state index < -0.39 is 0 Å². The van der Waals surface area contributed by atoms with Crippen LogP contribution < -0.4 is 5.32 Å². The molecule has 1 N–H and O–H groups in total. The predicted octanol–water partition coefficient (Wildman–Crippen LogP) is 1.04. The van der Waals surface area contributed by atoms with Crippen molar-refractivity contribution in [2.24, 2.45) is 0 Å². The van der Waals surface area contributed by atoms with Crippen LogP contribution >= 0.6 is 0 Å². The van der Waals surface area contributed by atoms with Crippen molar-refractivity contribution in [1.82, 2.24) is 19.6 Å². The standard InChI is InChI=1S/C9H13N5/c1-4-7-5-11-14-8(7)12-6(2)13-9(14)10-3/h5H,4H2,1-3H3,(H,10,12,13). The Kier molecular flexibility index (Phi) is 2.07. The monoisotopic (exact) mass is 191 g/mol. The van der Waals surface area contributed by atoms with Gasteiger partial charge in [-0.25, -0.2) is 4.98 Å². The van der Waals surface area contributed by atoms with Crippen LogP contribution in [0, 0.1) is 6.92 Å². The second kappa shape index (κ2) is 3.25. The first-order valence-corrected chi connectivity index (χ1v) is 4.65. The Labute approximate surface area is 82.2 Å². The fourth-order valence-corrected chi connectivity index (χ4v) is 1.44. The minimum atomic E-state index is 0.729.